The van der Waals surface area contributed by atoms with Crippen molar-refractivity contribution in [2.75, 3.05) is 0 Å². The van der Waals surface area contributed by atoms with Gasteiger partial charge in [-0.1, -0.05) is 59.2 Å². The molecular formula is C26H41NO8SSi. The maximum Gasteiger partial charge on any atom is 0.314 e. The number of ether oxygens (including phenoxy) is 3. The van der Waals surface area contributed by atoms with Gasteiger partial charge in [-0.25, -0.2) is 8.42 Å². The molecule has 0 aliphatic carbocycles. The highest BCUT2D eigenvalue weighted by atomic mass is 32.2. The van der Waals surface area contributed by atoms with Gasteiger partial charge in [0.25, 0.3) is 8.32 Å². The molecule has 0 saturated carbocycles. The highest BCUT2D eigenvalue weighted by molar-refractivity contribution is 7.89. The monoisotopic (exact) mass is 555 g/mol. The summed E-state index contributed by atoms with van der Waals surface area (Å²) in [6.45, 7) is 17.6. The van der Waals surface area contributed by atoms with Crippen LogP contribution in [0.4, 0.5) is 0 Å². The molecule has 2 bridgehead atoms. The van der Waals surface area contributed by atoms with E-state index in [1.807, 2.05) is 48.5 Å². The second kappa shape index (κ2) is 9.69. The molecule has 3 aliphatic rings. The zero-order chi connectivity index (χ0) is 27.7. The first-order valence-corrected chi connectivity index (χ1v) is 16.6. The Labute approximate surface area is 221 Å². The smallest absolute Gasteiger partial charge is 0.314 e. The predicted octanol–water partition coefficient (Wildman–Crippen LogP) is 3.69. The average molecular weight is 556 g/mol. The van der Waals surface area contributed by atoms with Crippen LogP contribution in [0.5, 0.6) is 0 Å². The lowest BCUT2D eigenvalue weighted by Crippen LogP contribution is -2.65. The van der Waals surface area contributed by atoms with E-state index in [1.165, 1.54) is 12.1 Å². The average Bonchev–Trinajstić information content (AvgIpc) is 3.25. The van der Waals surface area contributed by atoms with E-state index in [1.54, 1.807) is 26.0 Å². The van der Waals surface area contributed by atoms with Crippen LogP contribution in [0.25, 0.3) is 0 Å². The largest absolute Gasteiger partial charge is 0.517 e. The highest BCUT2D eigenvalue weighted by Crippen LogP contribution is 2.48. The Hall–Kier alpha value is -1.34. The van der Waals surface area contributed by atoms with E-state index in [0.717, 1.165) is 9.87 Å². The number of carbonyl (C=O) groups excluding carboxylic acids is 1. The van der Waals surface area contributed by atoms with Crippen LogP contribution in [0, 0.1) is 6.92 Å². The van der Waals surface area contributed by atoms with E-state index in [-0.39, 0.29) is 21.5 Å². The summed E-state index contributed by atoms with van der Waals surface area (Å²) < 4.78 is 53.5. The molecule has 3 fully saturated rings. The number of hydrogen-bond acceptors (Lipinski definition) is 8. The van der Waals surface area contributed by atoms with Crippen LogP contribution in [-0.4, -0.2) is 74.6 Å². The number of aliphatic hydroxyl groups is 1. The molecule has 0 radical (unpaired) electrons. The number of fused-ring (bicyclic) bond motifs is 5. The van der Waals surface area contributed by atoms with Gasteiger partial charge in [-0.2, -0.15) is 4.31 Å². The Kier molecular flexibility index (Phi) is 7.50. The predicted molar refractivity (Wildman–Crippen MR) is 140 cm³/mol. The van der Waals surface area contributed by atoms with Crippen molar-refractivity contribution in [3.05, 3.63) is 29.8 Å². The summed E-state index contributed by atoms with van der Waals surface area (Å²) in [5.74, 6) is -1.68. The van der Waals surface area contributed by atoms with E-state index in [9.17, 15) is 18.3 Å². The van der Waals surface area contributed by atoms with Gasteiger partial charge in [-0.3, -0.25) is 4.79 Å². The number of nitrogens with zero attached hydrogens (tertiary/aromatic N) is 1. The van der Waals surface area contributed by atoms with Crippen molar-refractivity contribution in [1.82, 2.24) is 4.31 Å². The van der Waals surface area contributed by atoms with E-state index in [2.05, 4.69) is 0 Å². The summed E-state index contributed by atoms with van der Waals surface area (Å²) in [6.07, 6.45) is -5.14. The molecule has 4 rings (SSSR count). The second-order valence-corrected chi connectivity index (χ2v) is 19.1. The molecule has 9 nitrogen and oxygen atoms in total. The first-order valence-electron chi connectivity index (χ1n) is 13.1. The molecule has 0 aromatic heterocycles. The molecule has 208 valence electrons. The molecule has 6 atom stereocenters. The Balaban J connectivity index is 1.82. The van der Waals surface area contributed by atoms with E-state index >= 15 is 0 Å². The van der Waals surface area contributed by atoms with Gasteiger partial charge < -0.3 is 23.7 Å². The van der Waals surface area contributed by atoms with Crippen LogP contribution in [0.2, 0.25) is 16.6 Å². The molecule has 3 heterocycles. The van der Waals surface area contributed by atoms with Crippen LogP contribution in [-0.2, 0) is 33.5 Å². The van der Waals surface area contributed by atoms with Crippen molar-refractivity contribution in [3.63, 3.8) is 0 Å². The molecule has 3 saturated heterocycles. The van der Waals surface area contributed by atoms with Crippen LogP contribution >= 0.6 is 0 Å². The zero-order valence-corrected chi connectivity index (χ0v) is 25.0. The summed E-state index contributed by atoms with van der Waals surface area (Å²) in [5.41, 5.74) is 1.14. The van der Waals surface area contributed by atoms with Gasteiger partial charge in [0.1, 0.15) is 24.4 Å². The van der Waals surface area contributed by atoms with Crippen LogP contribution in [0.1, 0.15) is 61.0 Å². The number of sulfonamides is 1. The van der Waals surface area contributed by atoms with Gasteiger partial charge in [-0.05, 0) is 49.5 Å². The second-order valence-electron chi connectivity index (χ2n) is 11.9. The number of carbonyl (C=O) groups is 1. The van der Waals surface area contributed by atoms with Gasteiger partial charge in [0.2, 0.25) is 10.0 Å². The van der Waals surface area contributed by atoms with Crippen molar-refractivity contribution in [2.24, 2.45) is 0 Å². The Bertz CT molecular complexity index is 1100. The Morgan fingerprint density at radius 2 is 1.43 bits per heavy atom. The highest BCUT2D eigenvalue weighted by Gasteiger charge is 2.68. The quantitative estimate of drug-likeness (QED) is 0.507. The third-order valence-corrected chi connectivity index (χ3v) is 15.9. The van der Waals surface area contributed by atoms with E-state index in [4.69, 9.17) is 18.6 Å². The fraction of sp³-hybridized carbons (Fsp3) is 0.731. The molecule has 1 aromatic rings. The molecule has 3 aliphatic heterocycles. The number of benzene rings is 1. The molecule has 0 amide bonds. The first kappa shape index (κ1) is 28.7. The summed E-state index contributed by atoms with van der Waals surface area (Å²) in [6, 6.07) is 4.87. The van der Waals surface area contributed by atoms with E-state index in [0.29, 0.717) is 0 Å². The van der Waals surface area contributed by atoms with Crippen molar-refractivity contribution in [1.29, 1.82) is 0 Å². The third-order valence-electron chi connectivity index (χ3n) is 8.09. The Morgan fingerprint density at radius 1 is 0.946 bits per heavy atom. The van der Waals surface area contributed by atoms with Crippen LogP contribution in [0.3, 0.4) is 0 Å². The SMILES string of the molecule is Cc1ccc(S(=O)(=O)N2C(O)[C@@H]3O[C@@H]([C@H]4OC(C)(C)O[C@H]43)[C@H]2C(=O)O[Si](C(C)C)(C(C)C)C(C)C)cc1. The molecule has 0 spiro atoms. The normalized spacial score (nSPS) is 31.8. The molecule has 11 heteroatoms. The lowest BCUT2D eigenvalue weighted by atomic mass is 10.1. The summed E-state index contributed by atoms with van der Waals surface area (Å²) >= 11 is 0. The maximum absolute atomic E-state index is 14.2. The zero-order valence-electron chi connectivity index (χ0n) is 23.2. The summed E-state index contributed by atoms with van der Waals surface area (Å²) in [4.78, 5) is 14.1. The van der Waals surface area contributed by atoms with Gasteiger partial charge >= 0.3 is 5.97 Å². The van der Waals surface area contributed by atoms with Crippen molar-refractivity contribution >= 4 is 24.3 Å². The van der Waals surface area contributed by atoms with Gasteiger partial charge in [-0.15, -0.1) is 0 Å². The van der Waals surface area contributed by atoms with Gasteiger partial charge in [0.05, 0.1) is 4.90 Å². The molecule has 1 N–H and O–H groups in total. The summed E-state index contributed by atoms with van der Waals surface area (Å²) in [7, 11) is -7.06. The molecule has 1 unspecified atom stereocenters. The Morgan fingerprint density at radius 3 is 1.92 bits per heavy atom. The van der Waals surface area contributed by atoms with Crippen molar-refractivity contribution in [2.45, 2.75) is 126 Å². The topological polar surface area (TPSA) is 112 Å². The first-order chi connectivity index (χ1) is 17.0. The van der Waals surface area contributed by atoms with Crippen molar-refractivity contribution in [3.8, 4) is 0 Å². The summed E-state index contributed by atoms with van der Waals surface area (Å²) in [5, 5.41) is 11.5. The lowest BCUT2D eigenvalue weighted by molar-refractivity contribution is -0.235. The minimum atomic E-state index is -4.32. The van der Waals surface area contributed by atoms with Crippen LogP contribution < -0.4 is 0 Å². The molecule has 37 heavy (non-hydrogen) atoms. The standard InChI is InChI=1S/C26H41NO8SSi/c1-14(2)37(15(3)4,16(5)6)35-25(29)19-20-21-22(34-26(8,9)33-21)23(32-20)24(28)27(19)36(30,31)18-12-10-17(7)11-13-18/h10-16,19-24,28H,1-9H3/t19-,20+,21+,22+,23+,24?/m0/s1. The number of aliphatic hydroxyl groups excluding tert-OH is 1. The third kappa shape index (κ3) is 4.60. The minimum Gasteiger partial charge on any atom is -0.517 e. The lowest BCUT2D eigenvalue weighted by Gasteiger charge is -2.46. The minimum absolute atomic E-state index is 0.0244. The van der Waals surface area contributed by atoms with E-state index < -0.39 is 66.8 Å². The number of hydrogen-bond donors (Lipinski definition) is 1. The van der Waals surface area contributed by atoms with Gasteiger partial charge in [0.15, 0.2) is 18.1 Å². The number of rotatable bonds is 7. The fourth-order valence-electron chi connectivity index (χ4n) is 6.56. The fourth-order valence-corrected chi connectivity index (χ4v) is 13.4. The van der Waals surface area contributed by atoms with Crippen LogP contribution in [0.15, 0.2) is 29.2 Å². The maximum atomic E-state index is 14.2. The van der Waals surface area contributed by atoms with Gasteiger partial charge in [0, 0.05) is 0 Å². The number of aryl methyl sites for hydroxylation is 1. The molecular weight excluding hydrogens is 514 g/mol. The van der Waals surface area contributed by atoms with Crippen molar-refractivity contribution < 1.29 is 37.0 Å². The number of morpholine rings is 1. The molecule has 1 aromatic carbocycles.